The van der Waals surface area contributed by atoms with Crippen LogP contribution in [0.15, 0.2) is 36.4 Å². The van der Waals surface area contributed by atoms with E-state index in [-0.39, 0.29) is 6.42 Å². The number of primary amides is 1. The highest BCUT2D eigenvalue weighted by Gasteiger charge is 2.19. The standard InChI is InChI=1S/C23H27N3O4/c1-3-17-11-12-20-22(15-7-6-8-16(13-15)23(24)29)18(9-4-5-10-21(27)28)19(14-30-2)25-26(17)20/h6-8,11-13H,3-5,9-10,14H2,1-2H3,(H2,24,29)(H,27,28). The molecule has 0 saturated heterocycles. The number of aryl methyl sites for hydroxylation is 1. The SMILES string of the molecule is CCc1ccc2c(-c3cccc(C(N)=O)c3)c(CCCCC(=O)O)c(COC)nn12. The molecular formula is C23H27N3O4. The van der Waals surface area contributed by atoms with Crippen LogP contribution in [0.1, 0.15) is 53.5 Å². The van der Waals surface area contributed by atoms with Crippen LogP contribution in [0.3, 0.4) is 0 Å². The summed E-state index contributed by atoms with van der Waals surface area (Å²) in [6, 6.07) is 11.4. The van der Waals surface area contributed by atoms with Crippen molar-refractivity contribution in [3.05, 3.63) is 58.9 Å². The number of unbranched alkanes of at least 4 members (excludes halogenated alkanes) is 1. The third-order valence-corrected chi connectivity index (χ3v) is 5.21. The molecule has 7 nitrogen and oxygen atoms in total. The molecule has 0 fully saturated rings. The van der Waals surface area contributed by atoms with Crippen molar-refractivity contribution in [2.24, 2.45) is 5.73 Å². The maximum Gasteiger partial charge on any atom is 0.303 e. The number of benzene rings is 1. The molecule has 30 heavy (non-hydrogen) atoms. The Hall–Kier alpha value is -3.19. The minimum atomic E-state index is -0.797. The Labute approximate surface area is 175 Å². The van der Waals surface area contributed by atoms with Crippen LogP contribution in [0.2, 0.25) is 0 Å². The molecule has 3 aromatic rings. The van der Waals surface area contributed by atoms with E-state index in [1.807, 2.05) is 22.7 Å². The molecule has 0 atom stereocenters. The fraction of sp³-hybridized carbons (Fsp3) is 0.348. The number of carbonyl (C=O) groups excluding carboxylic acids is 1. The van der Waals surface area contributed by atoms with Gasteiger partial charge in [-0.3, -0.25) is 9.59 Å². The number of ether oxygens (including phenoxy) is 1. The molecule has 0 unspecified atom stereocenters. The van der Waals surface area contributed by atoms with Gasteiger partial charge in [0.2, 0.25) is 5.91 Å². The average Bonchev–Trinajstić information content (AvgIpc) is 3.13. The fourth-order valence-corrected chi connectivity index (χ4v) is 3.78. The van der Waals surface area contributed by atoms with Crippen LogP contribution in [0.4, 0.5) is 0 Å². The first kappa shape index (κ1) is 21.5. The summed E-state index contributed by atoms with van der Waals surface area (Å²) < 4.78 is 7.35. The number of rotatable bonds is 10. The number of amides is 1. The lowest BCUT2D eigenvalue weighted by molar-refractivity contribution is -0.137. The van der Waals surface area contributed by atoms with Gasteiger partial charge in [-0.2, -0.15) is 5.10 Å². The van der Waals surface area contributed by atoms with Crippen molar-refractivity contribution in [3.8, 4) is 11.1 Å². The van der Waals surface area contributed by atoms with Crippen LogP contribution in [-0.4, -0.2) is 33.7 Å². The van der Waals surface area contributed by atoms with Crippen molar-refractivity contribution in [3.63, 3.8) is 0 Å². The molecule has 0 saturated carbocycles. The van der Waals surface area contributed by atoms with Gasteiger partial charge in [0.25, 0.3) is 0 Å². The topological polar surface area (TPSA) is 107 Å². The van der Waals surface area contributed by atoms with E-state index in [1.165, 1.54) is 0 Å². The zero-order valence-electron chi connectivity index (χ0n) is 17.4. The molecule has 1 amide bonds. The molecule has 0 aliphatic carbocycles. The highest BCUT2D eigenvalue weighted by atomic mass is 16.5. The molecule has 0 radical (unpaired) electrons. The fourth-order valence-electron chi connectivity index (χ4n) is 3.78. The monoisotopic (exact) mass is 409 g/mol. The van der Waals surface area contributed by atoms with E-state index in [1.54, 1.807) is 19.2 Å². The van der Waals surface area contributed by atoms with E-state index >= 15 is 0 Å². The third-order valence-electron chi connectivity index (χ3n) is 5.21. The molecule has 3 rings (SSSR count). The molecule has 7 heteroatoms. The quantitative estimate of drug-likeness (QED) is 0.498. The summed E-state index contributed by atoms with van der Waals surface area (Å²) in [6.45, 7) is 2.42. The summed E-state index contributed by atoms with van der Waals surface area (Å²) in [5.41, 5.74) is 11.7. The van der Waals surface area contributed by atoms with E-state index in [0.717, 1.165) is 40.0 Å². The van der Waals surface area contributed by atoms with Gasteiger partial charge in [-0.15, -0.1) is 0 Å². The number of fused-ring (bicyclic) bond motifs is 1. The van der Waals surface area contributed by atoms with Crippen molar-refractivity contribution < 1.29 is 19.4 Å². The van der Waals surface area contributed by atoms with Crippen LogP contribution in [0.5, 0.6) is 0 Å². The van der Waals surface area contributed by atoms with Crippen molar-refractivity contribution in [1.82, 2.24) is 9.61 Å². The molecule has 3 N–H and O–H groups in total. The van der Waals surface area contributed by atoms with Crippen LogP contribution in [-0.2, 0) is 29.0 Å². The van der Waals surface area contributed by atoms with Crippen LogP contribution >= 0.6 is 0 Å². The molecule has 0 bridgehead atoms. The van der Waals surface area contributed by atoms with E-state index in [9.17, 15) is 9.59 Å². The molecule has 0 aliphatic rings. The van der Waals surface area contributed by atoms with Crippen LogP contribution < -0.4 is 5.73 Å². The minimum absolute atomic E-state index is 0.132. The van der Waals surface area contributed by atoms with E-state index in [4.69, 9.17) is 20.7 Å². The Morgan fingerprint density at radius 1 is 1.20 bits per heavy atom. The largest absolute Gasteiger partial charge is 0.481 e. The zero-order chi connectivity index (χ0) is 21.7. The van der Waals surface area contributed by atoms with E-state index in [0.29, 0.717) is 31.4 Å². The lowest BCUT2D eigenvalue weighted by Gasteiger charge is -2.17. The Kier molecular flexibility index (Phi) is 6.84. The summed E-state index contributed by atoms with van der Waals surface area (Å²) in [7, 11) is 1.63. The van der Waals surface area contributed by atoms with Gasteiger partial charge in [-0.1, -0.05) is 19.1 Å². The summed E-state index contributed by atoms with van der Waals surface area (Å²) in [5, 5.41) is 13.8. The summed E-state index contributed by atoms with van der Waals surface area (Å²) >= 11 is 0. The number of hydrogen-bond donors (Lipinski definition) is 2. The second-order valence-electron chi connectivity index (χ2n) is 7.25. The van der Waals surface area contributed by atoms with Crippen molar-refractivity contribution in [2.45, 2.75) is 45.6 Å². The Morgan fingerprint density at radius 2 is 2.00 bits per heavy atom. The maximum atomic E-state index is 11.8. The Balaban J connectivity index is 2.20. The van der Waals surface area contributed by atoms with Crippen molar-refractivity contribution in [2.75, 3.05) is 7.11 Å². The van der Waals surface area contributed by atoms with Gasteiger partial charge in [0.15, 0.2) is 0 Å². The van der Waals surface area contributed by atoms with Gasteiger partial charge in [-0.05, 0) is 61.1 Å². The predicted molar refractivity (Wildman–Crippen MR) is 114 cm³/mol. The molecular weight excluding hydrogens is 382 g/mol. The highest BCUT2D eigenvalue weighted by molar-refractivity contribution is 5.95. The normalized spacial score (nSPS) is 11.1. The number of aromatic nitrogens is 2. The third kappa shape index (κ3) is 4.52. The minimum Gasteiger partial charge on any atom is -0.481 e. The summed E-state index contributed by atoms with van der Waals surface area (Å²) in [5.74, 6) is -1.28. The van der Waals surface area contributed by atoms with Crippen LogP contribution in [0.25, 0.3) is 16.6 Å². The predicted octanol–water partition coefficient (Wildman–Crippen LogP) is 3.61. The highest BCUT2D eigenvalue weighted by Crippen LogP contribution is 2.33. The number of carboxylic acid groups (broad SMARTS) is 1. The molecule has 2 aromatic heterocycles. The van der Waals surface area contributed by atoms with Gasteiger partial charge < -0.3 is 15.6 Å². The maximum absolute atomic E-state index is 11.8. The first-order valence-electron chi connectivity index (χ1n) is 10.1. The van der Waals surface area contributed by atoms with E-state index in [2.05, 4.69) is 13.0 Å². The smallest absolute Gasteiger partial charge is 0.303 e. The number of nitrogens with zero attached hydrogens (tertiary/aromatic N) is 2. The molecule has 1 aromatic carbocycles. The number of carboxylic acids is 1. The summed E-state index contributed by atoms with van der Waals surface area (Å²) in [6.07, 6.45) is 2.91. The van der Waals surface area contributed by atoms with Gasteiger partial charge in [0.1, 0.15) is 0 Å². The molecule has 0 aliphatic heterocycles. The zero-order valence-corrected chi connectivity index (χ0v) is 17.4. The Morgan fingerprint density at radius 3 is 2.67 bits per heavy atom. The van der Waals surface area contributed by atoms with E-state index < -0.39 is 11.9 Å². The first-order chi connectivity index (χ1) is 14.5. The number of carbonyl (C=O) groups is 2. The van der Waals surface area contributed by atoms with Gasteiger partial charge >= 0.3 is 5.97 Å². The number of hydrogen-bond acceptors (Lipinski definition) is 4. The van der Waals surface area contributed by atoms with Gasteiger partial charge in [-0.25, -0.2) is 4.52 Å². The average molecular weight is 409 g/mol. The van der Waals surface area contributed by atoms with Crippen molar-refractivity contribution >= 4 is 17.4 Å². The lowest BCUT2D eigenvalue weighted by Crippen LogP contribution is -2.12. The second-order valence-corrected chi connectivity index (χ2v) is 7.25. The first-order valence-corrected chi connectivity index (χ1v) is 10.1. The number of methoxy groups -OCH3 is 1. The summed E-state index contributed by atoms with van der Waals surface area (Å²) in [4.78, 5) is 22.7. The molecule has 2 heterocycles. The van der Waals surface area contributed by atoms with Gasteiger partial charge in [0, 0.05) is 30.4 Å². The van der Waals surface area contributed by atoms with Gasteiger partial charge in [0.05, 0.1) is 17.8 Å². The second kappa shape index (κ2) is 9.54. The van der Waals surface area contributed by atoms with Crippen molar-refractivity contribution in [1.29, 1.82) is 0 Å². The number of nitrogens with two attached hydrogens (primary N) is 1. The lowest BCUT2D eigenvalue weighted by atomic mass is 9.93. The Bertz CT molecular complexity index is 1070. The van der Waals surface area contributed by atoms with Crippen LogP contribution in [0, 0.1) is 0 Å². The number of aliphatic carboxylic acids is 1. The molecule has 0 spiro atoms. The molecule has 158 valence electrons.